The highest BCUT2D eigenvalue weighted by Gasteiger charge is 2.24. The molecule has 4 rings (SSSR count). The number of ether oxygens (including phenoxy) is 4. The van der Waals surface area contributed by atoms with Crippen LogP contribution in [0.4, 0.5) is 0 Å². The predicted octanol–water partition coefficient (Wildman–Crippen LogP) is -0.203. The molecule has 4 aromatic carbocycles. The summed E-state index contributed by atoms with van der Waals surface area (Å²) in [7, 11) is -20.7. The van der Waals surface area contributed by atoms with E-state index in [1.165, 1.54) is 21.3 Å². The number of nitrogens with zero attached hydrogens (tertiary/aromatic N) is 8. The van der Waals surface area contributed by atoms with Crippen LogP contribution in [0.25, 0.3) is 0 Å². The van der Waals surface area contributed by atoms with Gasteiger partial charge in [0.15, 0.2) is 0 Å². The van der Waals surface area contributed by atoms with Gasteiger partial charge < -0.3 is 39.4 Å². The van der Waals surface area contributed by atoms with Gasteiger partial charge >= 0.3 is 17.9 Å². The molecule has 0 radical (unpaired) electrons. The third kappa shape index (κ3) is 61.6. The highest BCUT2D eigenvalue weighted by atomic mass is 32.2. The minimum atomic E-state index is -4.20. The summed E-state index contributed by atoms with van der Waals surface area (Å²) in [5.41, 5.74) is 7.35. The first-order chi connectivity index (χ1) is 62.1. The fourth-order valence-corrected chi connectivity index (χ4v) is 17.1. The normalized spacial score (nSPS) is 12.4. The van der Waals surface area contributed by atoms with Gasteiger partial charge in [-0.3, -0.25) is 92.6 Å². The van der Waals surface area contributed by atoms with Crippen LogP contribution in [0.1, 0.15) is 83.0 Å². The second kappa shape index (κ2) is 66.9. The second-order valence-corrected chi connectivity index (χ2v) is 43.8. The van der Waals surface area contributed by atoms with Crippen molar-refractivity contribution in [3.8, 4) is 0 Å². The van der Waals surface area contributed by atoms with E-state index < -0.39 is 92.5 Å². The number of aliphatic hydroxyl groups excluding tert-OH is 4. The fourth-order valence-electron chi connectivity index (χ4n) is 12.2. The third-order valence-corrected chi connectivity index (χ3v) is 28.4. The second-order valence-electron chi connectivity index (χ2n) is 29.5. The number of carbonyl (C=O) groups is 4. The van der Waals surface area contributed by atoms with E-state index in [0.717, 1.165) is 81.6 Å². The first-order valence-electron chi connectivity index (χ1n) is 41.5. The lowest BCUT2D eigenvalue weighted by atomic mass is 10.1. The molecule has 0 heterocycles. The van der Waals surface area contributed by atoms with Crippen molar-refractivity contribution in [1.82, 2.24) is 39.2 Å². The maximum absolute atomic E-state index is 11.9. The van der Waals surface area contributed by atoms with Gasteiger partial charge in [-0.25, -0.2) is 0 Å². The van der Waals surface area contributed by atoms with Gasteiger partial charge in [-0.2, -0.15) is 67.3 Å². The largest absolute Gasteiger partial charge is 0.469 e. The first kappa shape index (κ1) is 124. The SMILES string of the molecule is COC(=O)CCN(CCCOC=O)Cc1ccc(CN(CCC(=O)OC)CCC(=O)OC)cc1.COS(=O)(=O)CCN(CCCS(=O)(=O)O)Cc1ccc(CN(CCS(=O)(=O)OC)CCS(=O)(=O)OC)cc1.COS(=O)(=O)CCN(CCCS(=O)(=O)O)Cc1ccccc1CN(CCS(=O)(=O)OC)CCS(=O)(=O)OC.OCCN(CCO)Cc1ccc(CN(CCO)CCO)cc1. The maximum atomic E-state index is 11.9. The molecule has 0 aliphatic carbocycles. The molecule has 6 N–H and O–H groups in total. The predicted molar refractivity (Wildman–Crippen MR) is 490 cm³/mol. The van der Waals surface area contributed by atoms with E-state index in [4.69, 9.17) is 48.5 Å². The van der Waals surface area contributed by atoms with Crippen molar-refractivity contribution in [1.29, 1.82) is 0 Å². The van der Waals surface area contributed by atoms with Crippen molar-refractivity contribution >= 4 is 105 Å². The Hall–Kier alpha value is -6.44. The number of aliphatic hydroxyl groups is 4. The van der Waals surface area contributed by atoms with Crippen molar-refractivity contribution in [2.45, 2.75) is 90.9 Å². The van der Waals surface area contributed by atoms with Crippen molar-refractivity contribution in [2.24, 2.45) is 0 Å². The molecule has 52 heteroatoms. The van der Waals surface area contributed by atoms with Crippen LogP contribution in [0.5, 0.6) is 0 Å². The molecule has 0 aromatic heterocycles. The van der Waals surface area contributed by atoms with Crippen LogP contribution in [0.2, 0.25) is 0 Å². The molecule has 0 aliphatic rings. The van der Waals surface area contributed by atoms with Crippen LogP contribution < -0.4 is 0 Å². The van der Waals surface area contributed by atoms with E-state index in [0.29, 0.717) is 104 Å². The number of benzene rings is 4. The Bertz CT molecular complexity index is 4740. The van der Waals surface area contributed by atoms with Crippen LogP contribution >= 0.6 is 0 Å². The topological polar surface area (TPSA) is 581 Å². The van der Waals surface area contributed by atoms with E-state index in [1.807, 2.05) is 63.2 Å². The summed E-state index contributed by atoms with van der Waals surface area (Å²) in [6.45, 7) is 9.25. The molecule has 0 fully saturated rings. The van der Waals surface area contributed by atoms with E-state index in [1.54, 1.807) is 68.1 Å². The molecule has 0 aliphatic heterocycles. The van der Waals surface area contributed by atoms with Gasteiger partial charge in [0, 0.05) is 144 Å². The van der Waals surface area contributed by atoms with E-state index >= 15 is 0 Å². The highest BCUT2D eigenvalue weighted by molar-refractivity contribution is 7.88. The van der Waals surface area contributed by atoms with Gasteiger partial charge in [0.05, 0.1) is 162 Å². The molecular formula is C80H136N8O36S8. The summed E-state index contributed by atoms with van der Waals surface area (Å²) in [4.78, 5) is 59.7. The van der Waals surface area contributed by atoms with Crippen LogP contribution in [0.15, 0.2) is 97.1 Å². The minimum absolute atomic E-state index is 0.0118. The van der Waals surface area contributed by atoms with Crippen LogP contribution in [-0.2, 0) is 197 Å². The fraction of sp³-hybridized carbons (Fsp3) is 0.650. The Balaban J connectivity index is 0.000000895. The zero-order chi connectivity index (χ0) is 99.5. The van der Waals surface area contributed by atoms with Crippen LogP contribution in [0, 0.1) is 0 Å². The smallest absolute Gasteiger partial charge is 0.306 e. The summed E-state index contributed by atoms with van der Waals surface area (Å²) in [5, 5.41) is 36.1. The van der Waals surface area contributed by atoms with Gasteiger partial charge in [0.25, 0.3) is 87.4 Å². The summed E-state index contributed by atoms with van der Waals surface area (Å²) in [5.74, 6) is -3.94. The van der Waals surface area contributed by atoms with E-state index in [-0.39, 0.29) is 189 Å². The van der Waals surface area contributed by atoms with Crippen molar-refractivity contribution in [3.63, 3.8) is 0 Å². The van der Waals surface area contributed by atoms with Crippen molar-refractivity contribution in [2.75, 3.05) is 248 Å². The summed E-state index contributed by atoms with van der Waals surface area (Å²) >= 11 is 0. The zero-order valence-electron chi connectivity index (χ0n) is 76.5. The van der Waals surface area contributed by atoms with Gasteiger partial charge in [-0.05, 0) is 76.9 Å². The standard InChI is InChI=1S/C24H36N2O8.2C20H36N2O12S4.C16H28N2O4/c1-31-22(28)9-13-25(12-4-16-34-19-27)17-20-5-7-21(8-6-20)18-26(14-10-23(29)32-2)15-11-24(30)33-3;1-32-36(26,27)14-10-21(9-4-13-35(23,24)25)17-19-5-7-20(8-6-19)18-22(11-15-37(28,29)33-2)12-16-38(30,31)34-3;1-32-36(26,27)14-10-21(9-6-13-35(23,24)25)17-19-7-4-5-8-20(19)18-22(11-15-37(28,29)33-2)12-16-38(30,31)34-3;19-9-5-17(6-10-20)13-15-1-2-16(4-3-15)14-18(7-11-21)8-12-22/h5-8,19H,4,9-18H2,1-3H3;5-8H,4,9-18H2,1-3H3,(H,23,24,25);4-5,7-8H,6,9-18H2,1-3H3,(H,23,24,25);1-4,19-22H,5-14H2. The highest BCUT2D eigenvalue weighted by Crippen LogP contribution is 2.20. The lowest BCUT2D eigenvalue weighted by Crippen LogP contribution is -2.35. The number of hydrogen-bond acceptors (Lipinski definition) is 42. The molecule has 4 aromatic rings. The Morgan fingerprint density at radius 3 is 0.682 bits per heavy atom. The molecule has 0 spiro atoms. The maximum Gasteiger partial charge on any atom is 0.306 e. The number of hydrogen-bond donors (Lipinski definition) is 6. The number of rotatable bonds is 70. The summed E-state index contributed by atoms with van der Waals surface area (Å²) in [6.07, 6.45) is 1.54. The minimum Gasteiger partial charge on any atom is -0.469 e. The molecule has 0 amide bonds. The molecular weight excluding hydrogens is 1910 g/mol. The lowest BCUT2D eigenvalue weighted by molar-refractivity contribution is -0.142. The van der Waals surface area contributed by atoms with Crippen molar-refractivity contribution in [3.05, 3.63) is 142 Å². The Kier molecular flexibility index (Phi) is 62.7. The molecule has 0 saturated heterocycles. The van der Waals surface area contributed by atoms with Gasteiger partial charge in [0.2, 0.25) is 0 Å². The quantitative estimate of drug-likeness (QED) is 0.00832. The van der Waals surface area contributed by atoms with Gasteiger partial charge in [0.1, 0.15) is 0 Å². The zero-order valence-corrected chi connectivity index (χ0v) is 83.0. The monoisotopic (exact) mass is 2040 g/mol. The molecule has 0 saturated carbocycles. The summed E-state index contributed by atoms with van der Waals surface area (Å²) < 4.78 is 250. The Morgan fingerprint density at radius 1 is 0.273 bits per heavy atom. The number of methoxy groups -OCH3 is 3. The third-order valence-electron chi connectivity index (χ3n) is 19.7. The van der Waals surface area contributed by atoms with E-state index in [2.05, 4.69) is 30.0 Å². The molecule has 760 valence electrons. The average molecular weight is 2040 g/mol. The van der Waals surface area contributed by atoms with Crippen molar-refractivity contribution < 1.29 is 160 Å². The first-order valence-corrected chi connectivity index (χ1v) is 54.2. The van der Waals surface area contributed by atoms with E-state index in [9.17, 15) is 86.5 Å². The lowest BCUT2D eigenvalue weighted by Gasteiger charge is -2.26. The number of carbonyl (C=O) groups excluding carboxylic acids is 4. The molecule has 0 bridgehead atoms. The molecule has 132 heavy (non-hydrogen) atoms. The Morgan fingerprint density at radius 2 is 0.470 bits per heavy atom. The number of esters is 3. The summed E-state index contributed by atoms with van der Waals surface area (Å²) in [6, 6.07) is 30.3. The average Bonchev–Trinajstić information content (AvgIpc) is 0.834. The molecule has 0 atom stereocenters. The van der Waals surface area contributed by atoms with Crippen LogP contribution in [0.3, 0.4) is 0 Å². The molecule has 0 unspecified atom stereocenters. The molecule has 44 nitrogen and oxygen atoms in total. The van der Waals surface area contributed by atoms with Gasteiger partial charge in [-0.15, -0.1) is 0 Å². The van der Waals surface area contributed by atoms with Crippen LogP contribution in [-0.4, -0.2) is 408 Å². The Labute approximate surface area is 779 Å². The van der Waals surface area contributed by atoms with Gasteiger partial charge in [-0.1, -0.05) is 97.1 Å².